The molecule has 1 aliphatic rings. The number of ether oxygens (including phenoxy) is 1. The first-order valence-electron chi connectivity index (χ1n) is 7.95. The Hall–Kier alpha value is -2.38. The number of amides is 1. The van der Waals surface area contributed by atoms with E-state index in [4.69, 9.17) is 4.74 Å². The minimum atomic E-state index is -0.250. The van der Waals surface area contributed by atoms with E-state index in [-0.39, 0.29) is 6.09 Å². The fourth-order valence-corrected chi connectivity index (χ4v) is 3.10. The lowest BCUT2D eigenvalue weighted by molar-refractivity contribution is 0.111. The Bertz CT molecular complexity index is 643. The fourth-order valence-electron chi connectivity index (χ4n) is 3.10. The van der Waals surface area contributed by atoms with Crippen molar-refractivity contribution in [2.45, 2.75) is 38.8 Å². The summed E-state index contributed by atoms with van der Waals surface area (Å²) in [5, 5.41) is 13.0. The largest absolute Gasteiger partial charge is 0.453 e. The summed E-state index contributed by atoms with van der Waals surface area (Å²) in [6, 6.07) is 1.90. The van der Waals surface area contributed by atoms with Gasteiger partial charge < -0.3 is 14.2 Å². The highest BCUT2D eigenvalue weighted by Crippen LogP contribution is 2.27. The van der Waals surface area contributed by atoms with Gasteiger partial charge in [0.15, 0.2) is 5.82 Å². The third kappa shape index (κ3) is 3.20. The molecule has 2 aromatic heterocycles. The molecule has 8 heteroatoms. The van der Waals surface area contributed by atoms with Crippen molar-refractivity contribution in [1.29, 1.82) is 0 Å². The van der Waals surface area contributed by atoms with Crippen LogP contribution in [-0.4, -0.2) is 55.7 Å². The summed E-state index contributed by atoms with van der Waals surface area (Å²) in [6.07, 6.45) is 5.20. The van der Waals surface area contributed by atoms with Crippen LogP contribution in [0.3, 0.4) is 0 Å². The number of methoxy groups -OCH3 is 1. The molecule has 0 atom stereocenters. The van der Waals surface area contributed by atoms with Crippen molar-refractivity contribution < 1.29 is 9.53 Å². The van der Waals surface area contributed by atoms with E-state index in [2.05, 4.69) is 26.8 Å². The van der Waals surface area contributed by atoms with Gasteiger partial charge in [0.05, 0.1) is 7.11 Å². The summed E-state index contributed by atoms with van der Waals surface area (Å²) >= 11 is 0. The maximum atomic E-state index is 11.6. The van der Waals surface area contributed by atoms with Gasteiger partial charge in [-0.25, -0.2) is 4.79 Å². The van der Waals surface area contributed by atoms with Crippen LogP contribution in [0.4, 0.5) is 4.79 Å². The number of nitrogens with zero attached hydrogens (tertiary/aromatic N) is 6. The van der Waals surface area contributed by atoms with Crippen LogP contribution in [0.25, 0.3) is 0 Å². The van der Waals surface area contributed by atoms with E-state index in [0.29, 0.717) is 25.6 Å². The van der Waals surface area contributed by atoms with Crippen LogP contribution >= 0.6 is 0 Å². The minimum Gasteiger partial charge on any atom is -0.453 e. The third-order valence-corrected chi connectivity index (χ3v) is 4.33. The van der Waals surface area contributed by atoms with Gasteiger partial charge in [-0.3, -0.25) is 4.68 Å². The number of hydrogen-bond donors (Lipinski definition) is 0. The van der Waals surface area contributed by atoms with Gasteiger partial charge in [-0.2, -0.15) is 5.10 Å². The molecule has 3 heterocycles. The van der Waals surface area contributed by atoms with Crippen LogP contribution in [0, 0.1) is 0 Å². The molecular weight excluding hydrogens is 296 g/mol. The van der Waals surface area contributed by atoms with Gasteiger partial charge in [0.2, 0.25) is 0 Å². The number of aromatic nitrogens is 5. The highest BCUT2D eigenvalue weighted by atomic mass is 16.5. The van der Waals surface area contributed by atoms with E-state index in [9.17, 15) is 4.79 Å². The normalized spacial score (nSPS) is 15.8. The molecule has 0 bridgehead atoms. The number of carbonyl (C=O) groups is 1. The highest BCUT2D eigenvalue weighted by Gasteiger charge is 2.28. The first kappa shape index (κ1) is 15.5. The molecule has 0 aliphatic carbocycles. The predicted molar refractivity (Wildman–Crippen MR) is 83.0 cm³/mol. The van der Waals surface area contributed by atoms with Gasteiger partial charge in [0, 0.05) is 37.9 Å². The van der Waals surface area contributed by atoms with Gasteiger partial charge in [-0.1, -0.05) is 0 Å². The van der Waals surface area contributed by atoms with Crippen molar-refractivity contribution >= 4 is 6.09 Å². The maximum absolute atomic E-state index is 11.6. The highest BCUT2D eigenvalue weighted by molar-refractivity contribution is 5.67. The number of rotatable bonds is 4. The van der Waals surface area contributed by atoms with Crippen molar-refractivity contribution in [3.05, 3.63) is 30.1 Å². The van der Waals surface area contributed by atoms with Crippen molar-refractivity contribution in [3.63, 3.8) is 0 Å². The molecule has 1 fully saturated rings. The van der Waals surface area contributed by atoms with Crippen LogP contribution in [0.2, 0.25) is 0 Å². The summed E-state index contributed by atoms with van der Waals surface area (Å²) in [5.41, 5.74) is 0. The van der Waals surface area contributed by atoms with Gasteiger partial charge >= 0.3 is 6.09 Å². The zero-order valence-corrected chi connectivity index (χ0v) is 13.6. The Morgan fingerprint density at radius 1 is 1.35 bits per heavy atom. The van der Waals surface area contributed by atoms with E-state index < -0.39 is 0 Å². The van der Waals surface area contributed by atoms with Gasteiger partial charge in [-0.15, -0.1) is 10.2 Å². The molecule has 8 nitrogen and oxygen atoms in total. The SMILES string of the molecule is CCn1c(Cn2cccn2)nnc1C1CCN(C(=O)OC)CC1. The number of carbonyl (C=O) groups excluding carboxylic acids is 1. The minimum absolute atomic E-state index is 0.250. The lowest BCUT2D eigenvalue weighted by Gasteiger charge is -2.30. The predicted octanol–water partition coefficient (Wildman–Crippen LogP) is 1.49. The van der Waals surface area contributed by atoms with Crippen molar-refractivity contribution in [2.75, 3.05) is 20.2 Å². The van der Waals surface area contributed by atoms with E-state index in [1.165, 1.54) is 7.11 Å². The molecule has 2 aromatic rings. The Kier molecular flexibility index (Phi) is 4.59. The topological polar surface area (TPSA) is 78.1 Å². The molecule has 0 aromatic carbocycles. The molecule has 1 aliphatic heterocycles. The standard InChI is InChI=1S/C15H22N6O2/c1-3-21-13(11-20-8-4-7-16-20)17-18-14(21)12-5-9-19(10-6-12)15(22)23-2/h4,7-8,12H,3,5-6,9-11H2,1-2H3. The second kappa shape index (κ2) is 6.80. The molecule has 0 unspecified atom stereocenters. The Morgan fingerprint density at radius 3 is 2.74 bits per heavy atom. The van der Waals surface area contributed by atoms with E-state index in [0.717, 1.165) is 31.0 Å². The zero-order valence-electron chi connectivity index (χ0n) is 13.6. The first-order chi connectivity index (χ1) is 11.2. The molecule has 1 amide bonds. The molecule has 0 saturated carbocycles. The maximum Gasteiger partial charge on any atom is 0.409 e. The van der Waals surface area contributed by atoms with Crippen LogP contribution in [0.15, 0.2) is 18.5 Å². The second-order valence-electron chi connectivity index (χ2n) is 5.65. The van der Waals surface area contributed by atoms with Gasteiger partial charge in [0.1, 0.15) is 12.4 Å². The van der Waals surface area contributed by atoms with Crippen LogP contribution in [-0.2, 0) is 17.8 Å². The monoisotopic (exact) mass is 318 g/mol. The second-order valence-corrected chi connectivity index (χ2v) is 5.65. The lowest BCUT2D eigenvalue weighted by atomic mass is 9.96. The quantitative estimate of drug-likeness (QED) is 0.853. The van der Waals surface area contributed by atoms with Crippen LogP contribution in [0.1, 0.15) is 37.3 Å². The molecule has 23 heavy (non-hydrogen) atoms. The molecule has 0 N–H and O–H groups in total. The van der Waals surface area contributed by atoms with E-state index in [1.54, 1.807) is 11.1 Å². The molecule has 3 rings (SSSR count). The van der Waals surface area contributed by atoms with E-state index >= 15 is 0 Å². The molecular formula is C15H22N6O2. The van der Waals surface area contributed by atoms with Crippen molar-refractivity contribution in [3.8, 4) is 0 Å². The van der Waals surface area contributed by atoms with Crippen molar-refractivity contribution in [2.24, 2.45) is 0 Å². The average molecular weight is 318 g/mol. The molecule has 124 valence electrons. The van der Waals surface area contributed by atoms with Crippen LogP contribution < -0.4 is 0 Å². The average Bonchev–Trinajstić information content (AvgIpc) is 3.24. The summed E-state index contributed by atoms with van der Waals surface area (Å²) in [4.78, 5) is 13.3. The fraction of sp³-hybridized carbons (Fsp3) is 0.600. The van der Waals surface area contributed by atoms with Gasteiger partial charge in [0.25, 0.3) is 0 Å². The van der Waals surface area contributed by atoms with Crippen molar-refractivity contribution in [1.82, 2.24) is 29.4 Å². The molecule has 0 spiro atoms. The Balaban J connectivity index is 1.71. The summed E-state index contributed by atoms with van der Waals surface area (Å²) < 4.78 is 8.80. The number of likely N-dealkylation sites (tertiary alicyclic amines) is 1. The molecule has 0 radical (unpaired) electrons. The Labute approximate surface area is 135 Å². The summed E-state index contributed by atoms with van der Waals surface area (Å²) in [7, 11) is 1.42. The number of piperidine rings is 1. The molecule has 1 saturated heterocycles. The summed E-state index contributed by atoms with van der Waals surface area (Å²) in [5.74, 6) is 2.26. The van der Waals surface area contributed by atoms with Crippen LogP contribution in [0.5, 0.6) is 0 Å². The smallest absolute Gasteiger partial charge is 0.409 e. The third-order valence-electron chi connectivity index (χ3n) is 4.33. The lowest BCUT2D eigenvalue weighted by Crippen LogP contribution is -2.38. The first-order valence-corrected chi connectivity index (χ1v) is 7.95. The summed E-state index contributed by atoms with van der Waals surface area (Å²) in [6.45, 7) is 4.94. The number of hydrogen-bond acceptors (Lipinski definition) is 5. The van der Waals surface area contributed by atoms with Gasteiger partial charge in [-0.05, 0) is 25.8 Å². The zero-order chi connectivity index (χ0) is 16.2. The Morgan fingerprint density at radius 2 is 2.13 bits per heavy atom. The van der Waals surface area contributed by atoms with E-state index in [1.807, 2.05) is 16.9 Å².